The maximum absolute atomic E-state index is 12.0. The predicted octanol–water partition coefficient (Wildman–Crippen LogP) is 0.885. The van der Waals surface area contributed by atoms with Crippen LogP contribution in [0.4, 0.5) is 0 Å². The number of sulfonamides is 1. The van der Waals surface area contributed by atoms with Gasteiger partial charge in [0.15, 0.2) is 0 Å². The van der Waals surface area contributed by atoms with Gasteiger partial charge in [0.05, 0.1) is 17.0 Å². The number of nitrogens with one attached hydrogen (secondary N) is 1. The Morgan fingerprint density at radius 2 is 2.10 bits per heavy atom. The number of aryl methyl sites for hydroxylation is 1. The van der Waals surface area contributed by atoms with E-state index in [1.807, 2.05) is 24.0 Å². The lowest BCUT2D eigenvalue weighted by molar-refractivity contribution is 0.116. The molecule has 0 aromatic carbocycles. The van der Waals surface area contributed by atoms with E-state index in [0.29, 0.717) is 12.5 Å². The van der Waals surface area contributed by atoms with Crippen molar-refractivity contribution < 1.29 is 8.42 Å². The molecule has 2 atom stereocenters. The SMILES string of the molecule is CN1CCC[C@@H](CNS(=O)(=O)C2CC2)[C@@H]1c1ccnn1C. The summed E-state index contributed by atoms with van der Waals surface area (Å²) in [6.45, 7) is 1.57. The summed E-state index contributed by atoms with van der Waals surface area (Å²) in [5.41, 5.74) is 1.16. The lowest BCUT2D eigenvalue weighted by atomic mass is 9.87. The molecule has 0 amide bonds. The first-order valence-corrected chi connectivity index (χ1v) is 9.20. The van der Waals surface area contributed by atoms with Crippen molar-refractivity contribution in [2.75, 3.05) is 20.1 Å². The monoisotopic (exact) mass is 312 g/mol. The van der Waals surface area contributed by atoms with Crippen LogP contribution in [0.3, 0.4) is 0 Å². The van der Waals surface area contributed by atoms with E-state index >= 15 is 0 Å². The molecule has 1 aromatic heterocycles. The molecule has 1 aliphatic carbocycles. The third-order valence-corrected chi connectivity index (χ3v) is 6.60. The molecule has 7 heteroatoms. The van der Waals surface area contributed by atoms with Crippen LogP contribution in [0.2, 0.25) is 0 Å². The van der Waals surface area contributed by atoms with Gasteiger partial charge in [-0.3, -0.25) is 9.58 Å². The summed E-state index contributed by atoms with van der Waals surface area (Å²) >= 11 is 0. The number of likely N-dealkylation sites (tertiary alicyclic amines) is 1. The average Bonchev–Trinajstić information content (AvgIpc) is 3.22. The lowest BCUT2D eigenvalue weighted by Gasteiger charge is -2.39. The molecule has 6 nitrogen and oxygen atoms in total. The third-order valence-electron chi connectivity index (χ3n) is 4.68. The van der Waals surface area contributed by atoms with E-state index in [4.69, 9.17) is 0 Å². The van der Waals surface area contributed by atoms with Crippen LogP contribution < -0.4 is 4.72 Å². The summed E-state index contributed by atoms with van der Waals surface area (Å²) in [5, 5.41) is 4.11. The van der Waals surface area contributed by atoms with Gasteiger partial charge >= 0.3 is 0 Å². The fourth-order valence-corrected chi connectivity index (χ4v) is 4.77. The van der Waals surface area contributed by atoms with Crippen molar-refractivity contribution in [1.82, 2.24) is 19.4 Å². The second-order valence-corrected chi connectivity index (χ2v) is 8.35. The first-order chi connectivity index (χ1) is 9.99. The zero-order valence-corrected chi connectivity index (χ0v) is 13.5. The smallest absolute Gasteiger partial charge is 0.214 e. The van der Waals surface area contributed by atoms with Crippen LogP contribution >= 0.6 is 0 Å². The van der Waals surface area contributed by atoms with Crippen molar-refractivity contribution in [2.24, 2.45) is 13.0 Å². The number of aromatic nitrogens is 2. The molecule has 0 radical (unpaired) electrons. The standard InChI is InChI=1S/C14H24N4O2S/c1-17-9-3-4-11(10-16-21(19,20)12-5-6-12)14(17)13-7-8-15-18(13)2/h7-8,11-12,14,16H,3-6,9-10H2,1-2H3/t11-,14+/m0/s1. The minimum Gasteiger partial charge on any atom is -0.298 e. The predicted molar refractivity (Wildman–Crippen MR) is 81.2 cm³/mol. The van der Waals surface area contributed by atoms with Gasteiger partial charge in [0.1, 0.15) is 0 Å². The van der Waals surface area contributed by atoms with Crippen LogP contribution in [0.5, 0.6) is 0 Å². The van der Waals surface area contributed by atoms with Gasteiger partial charge in [0.2, 0.25) is 10.0 Å². The Balaban J connectivity index is 1.73. The van der Waals surface area contributed by atoms with Gasteiger partial charge in [-0.15, -0.1) is 0 Å². The summed E-state index contributed by atoms with van der Waals surface area (Å²) < 4.78 is 28.8. The highest BCUT2D eigenvalue weighted by Gasteiger charge is 2.38. The molecule has 1 saturated carbocycles. The van der Waals surface area contributed by atoms with Gasteiger partial charge < -0.3 is 0 Å². The lowest BCUT2D eigenvalue weighted by Crippen LogP contribution is -2.43. The van der Waals surface area contributed by atoms with E-state index < -0.39 is 10.0 Å². The van der Waals surface area contributed by atoms with Crippen LogP contribution in [0, 0.1) is 5.92 Å². The Kier molecular flexibility index (Phi) is 4.07. The van der Waals surface area contributed by atoms with Crippen LogP contribution in [0.25, 0.3) is 0 Å². The van der Waals surface area contributed by atoms with Crippen LogP contribution in [0.1, 0.15) is 37.4 Å². The van der Waals surface area contributed by atoms with Crippen molar-refractivity contribution in [3.05, 3.63) is 18.0 Å². The fourth-order valence-electron chi connectivity index (χ4n) is 3.33. The number of piperidine rings is 1. The Morgan fingerprint density at radius 1 is 1.33 bits per heavy atom. The van der Waals surface area contributed by atoms with Crippen LogP contribution in [-0.2, 0) is 17.1 Å². The van der Waals surface area contributed by atoms with E-state index in [-0.39, 0.29) is 11.3 Å². The maximum atomic E-state index is 12.0. The highest BCUT2D eigenvalue weighted by atomic mass is 32.2. The molecule has 118 valence electrons. The molecule has 1 aliphatic heterocycles. The molecule has 1 N–H and O–H groups in total. The highest BCUT2D eigenvalue weighted by molar-refractivity contribution is 7.90. The molecule has 0 spiro atoms. The second-order valence-electron chi connectivity index (χ2n) is 6.30. The van der Waals surface area contributed by atoms with Crippen molar-refractivity contribution in [2.45, 2.75) is 37.0 Å². The summed E-state index contributed by atoms with van der Waals surface area (Å²) in [6, 6.07) is 2.27. The zero-order chi connectivity index (χ0) is 15.0. The normalized spacial score (nSPS) is 27.9. The molecule has 2 aliphatic rings. The van der Waals surface area contributed by atoms with Gasteiger partial charge in [-0.05, 0) is 51.3 Å². The molecule has 0 unspecified atom stereocenters. The quantitative estimate of drug-likeness (QED) is 0.876. The maximum Gasteiger partial charge on any atom is 0.214 e. The largest absolute Gasteiger partial charge is 0.298 e. The van der Waals surface area contributed by atoms with Gasteiger partial charge in [0.25, 0.3) is 0 Å². The van der Waals surface area contributed by atoms with E-state index in [2.05, 4.69) is 21.8 Å². The van der Waals surface area contributed by atoms with Gasteiger partial charge in [-0.2, -0.15) is 5.10 Å². The van der Waals surface area contributed by atoms with Gasteiger partial charge in [-0.1, -0.05) is 0 Å². The summed E-state index contributed by atoms with van der Waals surface area (Å²) in [4.78, 5) is 2.32. The molecule has 3 rings (SSSR count). The number of hydrogen-bond donors (Lipinski definition) is 1. The molecule has 2 fully saturated rings. The molecule has 1 aromatic rings. The topological polar surface area (TPSA) is 67.2 Å². The van der Waals surface area contributed by atoms with E-state index in [1.165, 1.54) is 0 Å². The van der Waals surface area contributed by atoms with Crippen LogP contribution in [0.15, 0.2) is 12.3 Å². The Bertz CT molecular complexity index is 594. The van der Waals surface area contributed by atoms with E-state index in [0.717, 1.165) is 37.9 Å². The number of hydrogen-bond acceptors (Lipinski definition) is 4. The Morgan fingerprint density at radius 3 is 2.71 bits per heavy atom. The minimum atomic E-state index is -3.10. The third kappa shape index (κ3) is 3.14. The van der Waals surface area contributed by atoms with E-state index in [9.17, 15) is 8.42 Å². The average molecular weight is 312 g/mol. The molecule has 21 heavy (non-hydrogen) atoms. The second kappa shape index (κ2) is 5.70. The van der Waals surface area contributed by atoms with Gasteiger partial charge in [-0.25, -0.2) is 13.1 Å². The van der Waals surface area contributed by atoms with Crippen molar-refractivity contribution in [1.29, 1.82) is 0 Å². The minimum absolute atomic E-state index is 0.144. The summed E-state index contributed by atoms with van der Waals surface area (Å²) in [7, 11) is 0.961. The number of nitrogens with zero attached hydrogens (tertiary/aromatic N) is 3. The summed E-state index contributed by atoms with van der Waals surface area (Å²) in [6.07, 6.45) is 5.59. The molecule has 1 saturated heterocycles. The molecular formula is C14H24N4O2S. The van der Waals surface area contributed by atoms with E-state index in [1.54, 1.807) is 0 Å². The zero-order valence-electron chi connectivity index (χ0n) is 12.7. The first kappa shape index (κ1) is 15.0. The Hall–Kier alpha value is -0.920. The number of rotatable bonds is 5. The Labute approximate surface area is 126 Å². The molecule has 2 heterocycles. The highest BCUT2D eigenvalue weighted by Crippen LogP contribution is 2.35. The summed E-state index contributed by atoms with van der Waals surface area (Å²) in [5.74, 6) is 0.299. The fraction of sp³-hybridized carbons (Fsp3) is 0.786. The van der Waals surface area contributed by atoms with Crippen molar-refractivity contribution in [3.8, 4) is 0 Å². The molecular weight excluding hydrogens is 288 g/mol. The van der Waals surface area contributed by atoms with Crippen molar-refractivity contribution in [3.63, 3.8) is 0 Å². The van der Waals surface area contributed by atoms with Gasteiger partial charge in [0, 0.05) is 19.8 Å². The van der Waals surface area contributed by atoms with Crippen LogP contribution in [-0.4, -0.2) is 48.5 Å². The van der Waals surface area contributed by atoms with Crippen molar-refractivity contribution >= 4 is 10.0 Å². The molecule has 0 bridgehead atoms. The first-order valence-electron chi connectivity index (χ1n) is 7.65.